The van der Waals surface area contributed by atoms with Crippen molar-refractivity contribution in [2.75, 3.05) is 0 Å². The number of aromatic nitrogens is 1. The van der Waals surface area contributed by atoms with E-state index in [1.165, 1.54) is 18.3 Å². The molecule has 3 aromatic rings. The third-order valence-electron chi connectivity index (χ3n) is 3.38. The summed E-state index contributed by atoms with van der Waals surface area (Å²) in [4.78, 5) is 3.91. The first-order chi connectivity index (χ1) is 10.3. The van der Waals surface area contributed by atoms with Gasteiger partial charge in [-0.3, -0.25) is 4.98 Å². The third-order valence-corrected chi connectivity index (χ3v) is 3.38. The number of nitrogens with zero attached hydrogens (tertiary/aromatic N) is 1. The van der Waals surface area contributed by atoms with Crippen molar-refractivity contribution in [3.05, 3.63) is 90.0 Å². The van der Waals surface area contributed by atoms with Crippen LogP contribution in [0, 0.1) is 5.82 Å². The number of pyridine rings is 1. The van der Waals surface area contributed by atoms with Crippen LogP contribution in [-0.2, 0) is 0 Å². The fourth-order valence-corrected chi connectivity index (χ4v) is 2.25. The summed E-state index contributed by atoms with van der Waals surface area (Å²) in [6.07, 6.45) is 0.413. The molecule has 2 aromatic carbocycles. The molecule has 1 aromatic heterocycles. The van der Waals surface area contributed by atoms with Crippen LogP contribution in [0.1, 0.15) is 17.4 Å². The normalized spacial score (nSPS) is 12.1. The van der Waals surface area contributed by atoms with Crippen molar-refractivity contribution in [1.82, 2.24) is 4.98 Å². The van der Waals surface area contributed by atoms with Gasteiger partial charge in [-0.15, -0.1) is 0 Å². The Morgan fingerprint density at radius 2 is 1.48 bits per heavy atom. The molecule has 1 heterocycles. The largest absolute Gasteiger partial charge is 0.382 e. The average Bonchev–Trinajstić information content (AvgIpc) is 2.56. The zero-order valence-corrected chi connectivity index (χ0v) is 11.3. The standard InChI is InChI=1S/C18H14FNO/c19-16-7-4-12-20-17(16)18(21)15-10-8-14(9-11-15)13-5-2-1-3-6-13/h1-12,18,21H. The maximum Gasteiger partial charge on any atom is 0.147 e. The second-order valence-corrected chi connectivity index (χ2v) is 4.76. The lowest BCUT2D eigenvalue weighted by atomic mass is 10.0. The molecule has 0 bridgehead atoms. The van der Waals surface area contributed by atoms with E-state index in [4.69, 9.17) is 0 Å². The van der Waals surface area contributed by atoms with Gasteiger partial charge in [-0.25, -0.2) is 4.39 Å². The maximum atomic E-state index is 13.6. The zero-order valence-electron chi connectivity index (χ0n) is 11.3. The van der Waals surface area contributed by atoms with Crippen molar-refractivity contribution in [1.29, 1.82) is 0 Å². The lowest BCUT2D eigenvalue weighted by molar-refractivity contribution is 0.209. The van der Waals surface area contributed by atoms with E-state index in [1.807, 2.05) is 42.5 Å². The fraction of sp³-hybridized carbons (Fsp3) is 0.0556. The third kappa shape index (κ3) is 2.83. The van der Waals surface area contributed by atoms with Crippen LogP contribution < -0.4 is 0 Å². The highest BCUT2D eigenvalue weighted by Gasteiger charge is 2.16. The summed E-state index contributed by atoms with van der Waals surface area (Å²) < 4.78 is 13.6. The molecule has 104 valence electrons. The Hall–Kier alpha value is -2.52. The Morgan fingerprint density at radius 1 is 0.810 bits per heavy atom. The molecule has 0 radical (unpaired) electrons. The molecule has 0 aliphatic carbocycles. The topological polar surface area (TPSA) is 33.1 Å². The van der Waals surface area contributed by atoms with Crippen LogP contribution in [0.5, 0.6) is 0 Å². The molecular weight excluding hydrogens is 265 g/mol. The second-order valence-electron chi connectivity index (χ2n) is 4.76. The van der Waals surface area contributed by atoms with Gasteiger partial charge in [-0.05, 0) is 28.8 Å². The van der Waals surface area contributed by atoms with E-state index < -0.39 is 11.9 Å². The minimum absolute atomic E-state index is 0.0463. The summed E-state index contributed by atoms with van der Waals surface area (Å²) >= 11 is 0. The number of benzene rings is 2. The first-order valence-corrected chi connectivity index (χ1v) is 6.69. The van der Waals surface area contributed by atoms with Crippen LogP contribution in [0.2, 0.25) is 0 Å². The minimum Gasteiger partial charge on any atom is -0.382 e. The number of aliphatic hydroxyl groups is 1. The lowest BCUT2D eigenvalue weighted by Crippen LogP contribution is -2.04. The van der Waals surface area contributed by atoms with E-state index in [-0.39, 0.29) is 5.69 Å². The van der Waals surface area contributed by atoms with E-state index >= 15 is 0 Å². The predicted molar refractivity (Wildman–Crippen MR) is 80.1 cm³/mol. The van der Waals surface area contributed by atoms with Gasteiger partial charge < -0.3 is 5.11 Å². The van der Waals surface area contributed by atoms with Gasteiger partial charge in [-0.1, -0.05) is 54.6 Å². The van der Waals surface area contributed by atoms with Crippen molar-refractivity contribution in [2.45, 2.75) is 6.10 Å². The number of aliphatic hydroxyl groups excluding tert-OH is 1. The van der Waals surface area contributed by atoms with Gasteiger partial charge >= 0.3 is 0 Å². The SMILES string of the molecule is OC(c1ccc(-c2ccccc2)cc1)c1ncccc1F. The molecule has 0 aliphatic heterocycles. The number of hydrogen-bond acceptors (Lipinski definition) is 2. The van der Waals surface area contributed by atoms with Crippen LogP contribution in [0.15, 0.2) is 72.9 Å². The fourth-order valence-electron chi connectivity index (χ4n) is 2.25. The maximum absolute atomic E-state index is 13.6. The molecule has 0 spiro atoms. The van der Waals surface area contributed by atoms with Crippen molar-refractivity contribution < 1.29 is 9.50 Å². The van der Waals surface area contributed by atoms with E-state index in [0.29, 0.717) is 5.56 Å². The van der Waals surface area contributed by atoms with Crippen LogP contribution in [0.25, 0.3) is 11.1 Å². The van der Waals surface area contributed by atoms with Crippen LogP contribution >= 0.6 is 0 Å². The summed E-state index contributed by atoms with van der Waals surface area (Å²) in [5.41, 5.74) is 2.81. The molecule has 21 heavy (non-hydrogen) atoms. The van der Waals surface area contributed by atoms with Crippen molar-refractivity contribution >= 4 is 0 Å². The molecule has 0 fully saturated rings. The Morgan fingerprint density at radius 3 is 2.14 bits per heavy atom. The molecule has 0 aliphatic rings. The van der Waals surface area contributed by atoms with Gasteiger partial charge in [0.2, 0.25) is 0 Å². The Bertz CT molecular complexity index is 726. The van der Waals surface area contributed by atoms with Crippen LogP contribution in [0.3, 0.4) is 0 Å². The monoisotopic (exact) mass is 279 g/mol. The van der Waals surface area contributed by atoms with Gasteiger partial charge in [0.05, 0.1) is 0 Å². The minimum atomic E-state index is -1.06. The van der Waals surface area contributed by atoms with E-state index in [1.54, 1.807) is 12.1 Å². The predicted octanol–water partition coefficient (Wildman–Crippen LogP) is 3.97. The van der Waals surface area contributed by atoms with E-state index in [0.717, 1.165) is 11.1 Å². The molecule has 0 amide bonds. The lowest BCUT2D eigenvalue weighted by Gasteiger charge is -2.12. The van der Waals surface area contributed by atoms with Gasteiger partial charge in [0.25, 0.3) is 0 Å². The quantitative estimate of drug-likeness (QED) is 0.787. The van der Waals surface area contributed by atoms with Gasteiger partial charge in [0.15, 0.2) is 0 Å². The van der Waals surface area contributed by atoms with Crippen molar-refractivity contribution in [2.24, 2.45) is 0 Å². The molecule has 1 atom stereocenters. The molecule has 2 nitrogen and oxygen atoms in total. The number of halogens is 1. The Balaban J connectivity index is 1.89. The first-order valence-electron chi connectivity index (χ1n) is 6.69. The Labute approximate surface area is 122 Å². The number of hydrogen-bond donors (Lipinski definition) is 1. The molecule has 3 heteroatoms. The Kier molecular flexibility index (Phi) is 3.75. The van der Waals surface area contributed by atoms with Crippen molar-refractivity contribution in [3.8, 4) is 11.1 Å². The van der Waals surface area contributed by atoms with E-state index in [9.17, 15) is 9.50 Å². The molecule has 1 unspecified atom stereocenters. The molecule has 0 saturated carbocycles. The molecule has 0 saturated heterocycles. The molecular formula is C18H14FNO. The van der Waals surface area contributed by atoms with Crippen LogP contribution in [0.4, 0.5) is 4.39 Å². The smallest absolute Gasteiger partial charge is 0.147 e. The van der Waals surface area contributed by atoms with E-state index in [2.05, 4.69) is 4.98 Å². The van der Waals surface area contributed by atoms with Gasteiger partial charge in [0.1, 0.15) is 17.6 Å². The number of rotatable bonds is 3. The van der Waals surface area contributed by atoms with Crippen molar-refractivity contribution in [3.63, 3.8) is 0 Å². The molecule has 1 N–H and O–H groups in total. The van der Waals surface area contributed by atoms with Gasteiger partial charge in [0, 0.05) is 6.20 Å². The highest BCUT2D eigenvalue weighted by Crippen LogP contribution is 2.25. The van der Waals surface area contributed by atoms with Gasteiger partial charge in [-0.2, -0.15) is 0 Å². The summed E-state index contributed by atoms with van der Waals surface area (Å²) in [6, 6.07) is 20.2. The molecule has 3 rings (SSSR count). The highest BCUT2D eigenvalue weighted by molar-refractivity contribution is 5.63. The second kappa shape index (κ2) is 5.85. The summed E-state index contributed by atoms with van der Waals surface area (Å²) in [7, 11) is 0. The highest BCUT2D eigenvalue weighted by atomic mass is 19.1. The summed E-state index contributed by atoms with van der Waals surface area (Å²) in [5, 5.41) is 10.2. The average molecular weight is 279 g/mol. The van der Waals surface area contributed by atoms with Crippen LogP contribution in [-0.4, -0.2) is 10.1 Å². The zero-order chi connectivity index (χ0) is 14.7. The summed E-state index contributed by atoms with van der Waals surface area (Å²) in [5.74, 6) is -0.503. The first kappa shape index (κ1) is 13.5. The summed E-state index contributed by atoms with van der Waals surface area (Å²) in [6.45, 7) is 0.